The fraction of sp³-hybridized carbons (Fsp3) is 0.118. The molecule has 0 aliphatic carbocycles. The monoisotopic (exact) mass is 365 g/mol. The first-order valence-electron chi connectivity index (χ1n) is 8.10. The lowest BCUT2D eigenvalue weighted by atomic mass is 10.3. The van der Waals surface area contributed by atoms with Crippen molar-refractivity contribution >= 4 is 29.0 Å². The number of fused-ring (bicyclic) bond motifs is 1. The summed E-state index contributed by atoms with van der Waals surface area (Å²) in [7, 11) is 0. The minimum absolute atomic E-state index is 0.186. The van der Waals surface area contributed by atoms with E-state index in [0.29, 0.717) is 11.6 Å². The van der Waals surface area contributed by atoms with Gasteiger partial charge in [-0.25, -0.2) is 13.9 Å². The van der Waals surface area contributed by atoms with Crippen LogP contribution in [0.4, 0.5) is 17.3 Å². The number of carbonyl (C=O) groups is 1. The van der Waals surface area contributed by atoms with Gasteiger partial charge in [0, 0.05) is 18.0 Å². The Morgan fingerprint density at radius 3 is 2.74 bits per heavy atom. The van der Waals surface area contributed by atoms with E-state index in [1.165, 1.54) is 4.40 Å². The standard InChI is InChI=1S/C17H15N7O3/c1-11-9-14(22-27-11)19-15(25)10-24-17(26)23-8-7-13(20-16(23)21-24)18-12-5-3-2-4-6-12/h2-9H,10H2,1H3,(H,18,20,21)(H,19,22,25). The van der Waals surface area contributed by atoms with E-state index >= 15 is 0 Å². The van der Waals surface area contributed by atoms with Crippen LogP contribution < -0.4 is 16.3 Å². The molecule has 0 bridgehead atoms. The number of amides is 1. The van der Waals surface area contributed by atoms with Gasteiger partial charge < -0.3 is 15.2 Å². The van der Waals surface area contributed by atoms with E-state index in [2.05, 4.69) is 25.9 Å². The van der Waals surface area contributed by atoms with E-state index in [1.807, 2.05) is 30.3 Å². The zero-order valence-corrected chi connectivity index (χ0v) is 14.3. The molecule has 4 aromatic rings. The topological polar surface area (TPSA) is 119 Å². The molecule has 0 saturated carbocycles. The van der Waals surface area contributed by atoms with Gasteiger partial charge in [0.2, 0.25) is 5.91 Å². The third-order valence-electron chi connectivity index (χ3n) is 3.69. The summed E-state index contributed by atoms with van der Waals surface area (Å²) in [5.74, 6) is 1.12. The SMILES string of the molecule is Cc1cc(NC(=O)Cn2nc3nc(Nc4ccccc4)ccn3c2=O)no1. The second-order valence-electron chi connectivity index (χ2n) is 5.79. The molecular weight excluding hydrogens is 350 g/mol. The predicted molar refractivity (Wildman–Crippen MR) is 96.8 cm³/mol. The summed E-state index contributed by atoms with van der Waals surface area (Å²) in [5, 5.41) is 13.5. The fourth-order valence-corrected chi connectivity index (χ4v) is 2.49. The summed E-state index contributed by atoms with van der Waals surface area (Å²) in [6, 6.07) is 12.7. The Bertz CT molecular complexity index is 1160. The first-order valence-corrected chi connectivity index (χ1v) is 8.10. The van der Waals surface area contributed by atoms with Crippen LogP contribution in [0.25, 0.3) is 5.78 Å². The fourth-order valence-electron chi connectivity index (χ4n) is 2.49. The summed E-state index contributed by atoms with van der Waals surface area (Å²) < 4.78 is 7.19. The van der Waals surface area contributed by atoms with Gasteiger partial charge in [-0.15, -0.1) is 5.10 Å². The second-order valence-corrected chi connectivity index (χ2v) is 5.79. The van der Waals surface area contributed by atoms with Crippen molar-refractivity contribution < 1.29 is 9.32 Å². The number of nitrogens with zero attached hydrogens (tertiary/aromatic N) is 5. The predicted octanol–water partition coefficient (Wildman–Crippen LogP) is 1.57. The van der Waals surface area contributed by atoms with Gasteiger partial charge in [-0.2, -0.15) is 4.98 Å². The number of hydrogen-bond acceptors (Lipinski definition) is 7. The zero-order valence-electron chi connectivity index (χ0n) is 14.3. The number of nitrogens with one attached hydrogen (secondary N) is 2. The molecular formula is C17H15N7O3. The van der Waals surface area contributed by atoms with Crippen molar-refractivity contribution in [2.24, 2.45) is 0 Å². The van der Waals surface area contributed by atoms with E-state index in [4.69, 9.17) is 4.52 Å². The molecule has 0 fully saturated rings. The molecule has 0 aliphatic rings. The molecule has 1 aromatic carbocycles. The Kier molecular flexibility index (Phi) is 4.13. The van der Waals surface area contributed by atoms with Gasteiger partial charge in [-0.3, -0.25) is 4.79 Å². The van der Waals surface area contributed by atoms with Crippen LogP contribution in [0, 0.1) is 6.92 Å². The number of aryl methyl sites for hydroxylation is 1. The number of rotatable bonds is 5. The molecule has 0 aliphatic heterocycles. The Labute approximate surface area is 152 Å². The molecule has 0 atom stereocenters. The summed E-state index contributed by atoms with van der Waals surface area (Å²) in [5.41, 5.74) is 0.397. The Morgan fingerprint density at radius 2 is 2.00 bits per heavy atom. The Morgan fingerprint density at radius 1 is 1.19 bits per heavy atom. The van der Waals surface area contributed by atoms with Gasteiger partial charge in [0.1, 0.15) is 18.1 Å². The maximum atomic E-state index is 12.4. The van der Waals surface area contributed by atoms with E-state index in [-0.39, 0.29) is 18.1 Å². The molecule has 1 amide bonds. The molecule has 10 nitrogen and oxygen atoms in total. The van der Waals surface area contributed by atoms with Gasteiger partial charge in [0.15, 0.2) is 5.82 Å². The third kappa shape index (κ3) is 3.54. The van der Waals surface area contributed by atoms with Crippen molar-refractivity contribution in [2.75, 3.05) is 10.6 Å². The first kappa shape index (κ1) is 16.5. The van der Waals surface area contributed by atoms with Gasteiger partial charge in [0.05, 0.1) is 0 Å². The quantitative estimate of drug-likeness (QED) is 0.551. The minimum Gasteiger partial charge on any atom is -0.360 e. The number of benzene rings is 1. The molecule has 2 N–H and O–H groups in total. The van der Waals surface area contributed by atoms with Crippen molar-refractivity contribution in [2.45, 2.75) is 13.5 Å². The maximum absolute atomic E-state index is 12.4. The average molecular weight is 365 g/mol. The summed E-state index contributed by atoms with van der Waals surface area (Å²) in [6.07, 6.45) is 1.55. The van der Waals surface area contributed by atoms with Crippen LogP contribution in [0.15, 0.2) is 58.0 Å². The molecule has 136 valence electrons. The largest absolute Gasteiger partial charge is 0.360 e. The van der Waals surface area contributed by atoms with Crippen molar-refractivity contribution in [3.05, 3.63) is 64.9 Å². The van der Waals surface area contributed by atoms with E-state index in [1.54, 1.807) is 25.3 Å². The summed E-state index contributed by atoms with van der Waals surface area (Å²) >= 11 is 0. The minimum atomic E-state index is -0.463. The van der Waals surface area contributed by atoms with Crippen LogP contribution in [0.2, 0.25) is 0 Å². The van der Waals surface area contributed by atoms with Crippen LogP contribution in [-0.4, -0.2) is 30.2 Å². The molecule has 0 spiro atoms. The molecule has 0 radical (unpaired) electrons. The lowest BCUT2D eigenvalue weighted by Gasteiger charge is -2.04. The van der Waals surface area contributed by atoms with Crippen molar-refractivity contribution in [3.8, 4) is 0 Å². The van der Waals surface area contributed by atoms with E-state index in [0.717, 1.165) is 10.4 Å². The zero-order chi connectivity index (χ0) is 18.8. The molecule has 10 heteroatoms. The summed E-state index contributed by atoms with van der Waals surface area (Å²) in [6.45, 7) is 1.44. The van der Waals surface area contributed by atoms with Gasteiger partial charge in [0.25, 0.3) is 5.78 Å². The lowest BCUT2D eigenvalue weighted by molar-refractivity contribution is -0.117. The number of carbonyl (C=O) groups excluding carboxylic acids is 1. The number of anilines is 3. The number of para-hydroxylation sites is 1. The molecule has 3 aromatic heterocycles. The van der Waals surface area contributed by atoms with E-state index < -0.39 is 11.6 Å². The Balaban J connectivity index is 1.54. The lowest BCUT2D eigenvalue weighted by Crippen LogP contribution is -2.28. The highest BCUT2D eigenvalue weighted by Gasteiger charge is 2.13. The average Bonchev–Trinajstić information content (AvgIpc) is 3.19. The molecule has 27 heavy (non-hydrogen) atoms. The highest BCUT2D eigenvalue weighted by atomic mass is 16.5. The molecule has 4 rings (SSSR count). The van der Waals surface area contributed by atoms with Gasteiger partial charge in [-0.1, -0.05) is 23.4 Å². The molecule has 3 heterocycles. The maximum Gasteiger partial charge on any atom is 0.352 e. The van der Waals surface area contributed by atoms with Gasteiger partial charge >= 0.3 is 5.69 Å². The van der Waals surface area contributed by atoms with E-state index in [9.17, 15) is 9.59 Å². The Hall–Kier alpha value is -3.95. The molecule has 0 unspecified atom stereocenters. The molecule has 0 saturated heterocycles. The second kappa shape index (κ2) is 6.75. The highest BCUT2D eigenvalue weighted by Crippen LogP contribution is 2.13. The number of hydrogen-bond donors (Lipinski definition) is 2. The van der Waals surface area contributed by atoms with Crippen LogP contribution in [-0.2, 0) is 11.3 Å². The normalized spacial score (nSPS) is 10.9. The summed E-state index contributed by atoms with van der Waals surface area (Å²) in [4.78, 5) is 28.8. The van der Waals surface area contributed by atoms with Gasteiger partial charge in [-0.05, 0) is 25.1 Å². The van der Waals surface area contributed by atoms with Crippen LogP contribution in [0.3, 0.4) is 0 Å². The van der Waals surface area contributed by atoms with Crippen molar-refractivity contribution in [3.63, 3.8) is 0 Å². The highest BCUT2D eigenvalue weighted by molar-refractivity contribution is 5.89. The van der Waals surface area contributed by atoms with Crippen molar-refractivity contribution in [1.29, 1.82) is 0 Å². The third-order valence-corrected chi connectivity index (χ3v) is 3.69. The van der Waals surface area contributed by atoms with Crippen molar-refractivity contribution in [1.82, 2.24) is 24.3 Å². The smallest absolute Gasteiger partial charge is 0.352 e. The van der Waals surface area contributed by atoms with Crippen LogP contribution in [0.5, 0.6) is 0 Å². The van der Waals surface area contributed by atoms with Crippen LogP contribution in [0.1, 0.15) is 5.76 Å². The van der Waals surface area contributed by atoms with Crippen LogP contribution >= 0.6 is 0 Å². The number of aromatic nitrogens is 5. The first-order chi connectivity index (χ1) is 13.1.